The standard InChI is InChI=1S/C25H32O6/c1-23(2)17-11-15(26)20-13(24(17,3)8-6-18(23)28)5-7-25(4)14(10-16(27)21(20)25)12-9-19(29)31-22(12)30/h6,8-9,13-15,17,19-21,26,29H,5,7,10-11H2,1-4H3/t13-,14-,15+,17-,19?,20-,21+,24+,25-/m0/s1. The molecule has 1 unspecified atom stereocenters. The van der Waals surface area contributed by atoms with Crippen molar-refractivity contribution >= 4 is 17.5 Å². The predicted molar refractivity (Wildman–Crippen MR) is 111 cm³/mol. The number of allylic oxidation sites excluding steroid dienone is 2. The quantitative estimate of drug-likeness (QED) is 0.623. The molecule has 0 aromatic carbocycles. The van der Waals surface area contributed by atoms with Crippen molar-refractivity contribution in [3.8, 4) is 0 Å². The third-order valence-corrected chi connectivity index (χ3v) is 9.83. The van der Waals surface area contributed by atoms with E-state index in [4.69, 9.17) is 4.74 Å². The highest BCUT2D eigenvalue weighted by Gasteiger charge is 2.67. The zero-order chi connectivity index (χ0) is 22.5. The first-order chi connectivity index (χ1) is 14.4. The molecule has 2 N–H and O–H groups in total. The second kappa shape index (κ2) is 6.38. The first-order valence-corrected chi connectivity index (χ1v) is 11.5. The van der Waals surface area contributed by atoms with Gasteiger partial charge in [0, 0.05) is 29.2 Å². The maximum absolute atomic E-state index is 13.4. The fourth-order valence-corrected chi connectivity index (χ4v) is 8.26. The van der Waals surface area contributed by atoms with Gasteiger partial charge in [-0.05, 0) is 60.0 Å². The van der Waals surface area contributed by atoms with Crippen LogP contribution in [0.4, 0.5) is 0 Å². The molecule has 6 heteroatoms. The largest absolute Gasteiger partial charge is 0.429 e. The molecule has 6 nitrogen and oxygen atoms in total. The van der Waals surface area contributed by atoms with Gasteiger partial charge in [-0.1, -0.05) is 33.8 Å². The second-order valence-corrected chi connectivity index (χ2v) is 11.5. The van der Waals surface area contributed by atoms with Crippen molar-refractivity contribution < 1.29 is 29.3 Å². The Bertz CT molecular complexity index is 930. The fourth-order valence-electron chi connectivity index (χ4n) is 8.26. The number of ether oxygens (including phenoxy) is 1. The van der Waals surface area contributed by atoms with Crippen LogP contribution in [-0.4, -0.2) is 40.1 Å². The van der Waals surface area contributed by atoms with Crippen molar-refractivity contribution in [2.45, 2.75) is 65.8 Å². The smallest absolute Gasteiger partial charge is 0.336 e. The van der Waals surface area contributed by atoms with Crippen molar-refractivity contribution in [1.29, 1.82) is 0 Å². The van der Waals surface area contributed by atoms with Gasteiger partial charge in [0.25, 0.3) is 0 Å². The summed E-state index contributed by atoms with van der Waals surface area (Å²) < 4.78 is 4.92. The third kappa shape index (κ3) is 2.61. The van der Waals surface area contributed by atoms with Crippen LogP contribution < -0.4 is 0 Å². The Morgan fingerprint density at radius 2 is 1.81 bits per heavy atom. The van der Waals surface area contributed by atoms with E-state index in [-0.39, 0.29) is 53.0 Å². The summed E-state index contributed by atoms with van der Waals surface area (Å²) >= 11 is 0. The molecule has 1 heterocycles. The molecule has 3 fully saturated rings. The monoisotopic (exact) mass is 428 g/mol. The topological polar surface area (TPSA) is 101 Å². The van der Waals surface area contributed by atoms with Crippen LogP contribution in [0.2, 0.25) is 0 Å². The molecule has 0 aromatic rings. The fraction of sp³-hybridized carbons (Fsp3) is 0.720. The Morgan fingerprint density at radius 1 is 1.10 bits per heavy atom. The van der Waals surface area contributed by atoms with E-state index in [1.165, 1.54) is 6.08 Å². The number of Topliss-reactive ketones (excluding diaryl/α,β-unsaturated/α-hetero) is 1. The van der Waals surface area contributed by atoms with Crippen LogP contribution in [0.25, 0.3) is 0 Å². The lowest BCUT2D eigenvalue weighted by atomic mass is 9.42. The number of carbonyl (C=O) groups is 3. The van der Waals surface area contributed by atoms with E-state index in [0.717, 1.165) is 12.8 Å². The molecule has 168 valence electrons. The van der Waals surface area contributed by atoms with Gasteiger partial charge in [0.2, 0.25) is 6.29 Å². The molecule has 4 aliphatic carbocycles. The van der Waals surface area contributed by atoms with E-state index >= 15 is 0 Å². The van der Waals surface area contributed by atoms with E-state index in [1.54, 1.807) is 6.08 Å². The zero-order valence-corrected chi connectivity index (χ0v) is 18.6. The SMILES string of the molecule is CC1(C)C(=O)C=C[C@]2(C)[C@H]3CC[C@]4(C)[C@H](C(=O)C[C@H]4C4=CC(O)OC4=O)[C@@H]3[C@H](O)C[C@@H]12. The van der Waals surface area contributed by atoms with Crippen LogP contribution in [0.3, 0.4) is 0 Å². The van der Waals surface area contributed by atoms with Crippen molar-refractivity contribution in [2.24, 2.45) is 45.8 Å². The normalized spacial score (nSPS) is 50.5. The first kappa shape index (κ1) is 21.1. The van der Waals surface area contributed by atoms with Crippen LogP contribution in [-0.2, 0) is 19.1 Å². The third-order valence-electron chi connectivity index (χ3n) is 9.83. The molecule has 5 rings (SSSR count). The molecule has 0 saturated heterocycles. The molecule has 3 saturated carbocycles. The van der Waals surface area contributed by atoms with Crippen LogP contribution in [0.1, 0.15) is 53.4 Å². The highest BCUT2D eigenvalue weighted by Crippen LogP contribution is 2.68. The summed E-state index contributed by atoms with van der Waals surface area (Å²) in [5, 5.41) is 21.1. The summed E-state index contributed by atoms with van der Waals surface area (Å²) in [7, 11) is 0. The number of aliphatic hydroxyl groups is 2. The summed E-state index contributed by atoms with van der Waals surface area (Å²) in [6, 6.07) is 0. The lowest BCUT2D eigenvalue weighted by Gasteiger charge is -2.62. The minimum Gasteiger partial charge on any atom is -0.429 e. The van der Waals surface area contributed by atoms with E-state index in [9.17, 15) is 24.6 Å². The number of carbonyl (C=O) groups excluding carboxylic acids is 3. The van der Waals surface area contributed by atoms with Gasteiger partial charge in [0.05, 0.1) is 6.10 Å². The number of aliphatic hydroxyl groups excluding tert-OH is 2. The maximum atomic E-state index is 13.4. The Labute approximate surface area is 182 Å². The van der Waals surface area contributed by atoms with Gasteiger partial charge in [-0.25, -0.2) is 4.79 Å². The second-order valence-electron chi connectivity index (χ2n) is 11.5. The number of ketones is 2. The van der Waals surface area contributed by atoms with Gasteiger partial charge in [-0.2, -0.15) is 0 Å². The Balaban J connectivity index is 1.55. The summed E-state index contributed by atoms with van der Waals surface area (Å²) in [5.41, 5.74) is -0.862. The maximum Gasteiger partial charge on any atom is 0.336 e. The predicted octanol–water partition coefficient (Wildman–Crippen LogP) is 2.58. The lowest BCUT2D eigenvalue weighted by molar-refractivity contribution is -0.170. The molecule has 1 aliphatic heterocycles. The minimum atomic E-state index is -1.25. The van der Waals surface area contributed by atoms with Gasteiger partial charge < -0.3 is 14.9 Å². The summed E-state index contributed by atoms with van der Waals surface area (Å²) in [5.74, 6) is -1.07. The Morgan fingerprint density at radius 3 is 2.45 bits per heavy atom. The molecular formula is C25H32O6. The van der Waals surface area contributed by atoms with Crippen molar-refractivity contribution in [2.75, 3.05) is 0 Å². The van der Waals surface area contributed by atoms with Crippen molar-refractivity contribution in [3.63, 3.8) is 0 Å². The molecule has 5 aliphatic rings. The molecular weight excluding hydrogens is 396 g/mol. The van der Waals surface area contributed by atoms with E-state index < -0.39 is 29.2 Å². The molecule has 9 atom stereocenters. The minimum absolute atomic E-state index is 0.0214. The molecule has 0 spiro atoms. The lowest BCUT2D eigenvalue weighted by Crippen LogP contribution is -2.61. The molecule has 0 amide bonds. The number of cyclic esters (lactones) is 1. The van der Waals surface area contributed by atoms with Gasteiger partial charge in [0.1, 0.15) is 5.78 Å². The van der Waals surface area contributed by atoms with Crippen molar-refractivity contribution in [1.82, 2.24) is 0 Å². The van der Waals surface area contributed by atoms with Crippen LogP contribution in [0.15, 0.2) is 23.8 Å². The van der Waals surface area contributed by atoms with Crippen LogP contribution in [0, 0.1) is 45.8 Å². The summed E-state index contributed by atoms with van der Waals surface area (Å²) in [6.07, 6.45) is 5.60. The van der Waals surface area contributed by atoms with E-state index in [2.05, 4.69) is 13.8 Å². The van der Waals surface area contributed by atoms with Gasteiger partial charge >= 0.3 is 5.97 Å². The van der Waals surface area contributed by atoms with Gasteiger partial charge in [0.15, 0.2) is 5.78 Å². The summed E-state index contributed by atoms with van der Waals surface area (Å²) in [6.45, 7) is 8.20. The molecule has 0 bridgehead atoms. The van der Waals surface area contributed by atoms with Gasteiger partial charge in [-0.15, -0.1) is 0 Å². The Kier molecular flexibility index (Phi) is 4.34. The van der Waals surface area contributed by atoms with E-state index in [0.29, 0.717) is 12.0 Å². The Hall–Kier alpha value is -1.79. The number of rotatable bonds is 1. The average molecular weight is 429 g/mol. The van der Waals surface area contributed by atoms with Gasteiger partial charge in [-0.3, -0.25) is 9.59 Å². The highest BCUT2D eigenvalue weighted by atomic mass is 16.6. The molecule has 0 radical (unpaired) electrons. The zero-order valence-electron chi connectivity index (χ0n) is 18.6. The van der Waals surface area contributed by atoms with Crippen LogP contribution >= 0.6 is 0 Å². The molecule has 0 aromatic heterocycles. The molecule has 31 heavy (non-hydrogen) atoms. The van der Waals surface area contributed by atoms with E-state index in [1.807, 2.05) is 19.9 Å². The average Bonchev–Trinajstić information content (AvgIpc) is 3.16. The first-order valence-electron chi connectivity index (χ1n) is 11.5. The number of hydrogen-bond donors (Lipinski definition) is 2. The number of esters is 1. The number of fused-ring (bicyclic) bond motifs is 5. The number of hydrogen-bond acceptors (Lipinski definition) is 6. The summed E-state index contributed by atoms with van der Waals surface area (Å²) in [4.78, 5) is 38.3. The van der Waals surface area contributed by atoms with Crippen LogP contribution in [0.5, 0.6) is 0 Å². The van der Waals surface area contributed by atoms with Crippen molar-refractivity contribution in [3.05, 3.63) is 23.8 Å². The highest BCUT2D eigenvalue weighted by molar-refractivity contribution is 5.96.